The molecule has 27 heavy (non-hydrogen) atoms. The smallest absolute Gasteiger partial charge is 0.136 e. The molecule has 0 aromatic carbocycles. The fourth-order valence-corrected chi connectivity index (χ4v) is 7.00. The van der Waals surface area contributed by atoms with Crippen molar-refractivity contribution >= 4 is 5.78 Å². The Morgan fingerprint density at radius 2 is 1.85 bits per heavy atom. The van der Waals surface area contributed by atoms with Crippen molar-refractivity contribution in [2.24, 2.45) is 28.6 Å². The largest absolute Gasteiger partial charge is 0.299 e. The van der Waals surface area contributed by atoms with Crippen molar-refractivity contribution in [3.8, 4) is 0 Å². The maximum absolute atomic E-state index is 12.0. The van der Waals surface area contributed by atoms with Crippen molar-refractivity contribution in [3.63, 3.8) is 0 Å². The van der Waals surface area contributed by atoms with Crippen LogP contribution in [-0.2, 0) is 11.2 Å². The van der Waals surface area contributed by atoms with Crippen LogP contribution in [0.25, 0.3) is 0 Å². The summed E-state index contributed by atoms with van der Waals surface area (Å²) in [5.41, 5.74) is 3.60. The minimum absolute atomic E-state index is 0.267. The van der Waals surface area contributed by atoms with E-state index in [2.05, 4.69) is 36.0 Å². The van der Waals surface area contributed by atoms with Gasteiger partial charge >= 0.3 is 0 Å². The third kappa shape index (κ3) is 2.57. The first kappa shape index (κ1) is 17.3. The summed E-state index contributed by atoms with van der Waals surface area (Å²) in [6, 6.07) is 1.89. The summed E-state index contributed by atoms with van der Waals surface area (Å²) in [4.78, 5) is 21.0. The molecule has 2 fully saturated rings. The van der Waals surface area contributed by atoms with E-state index in [-0.39, 0.29) is 5.41 Å². The minimum atomic E-state index is 0.267. The highest BCUT2D eigenvalue weighted by Gasteiger charge is 2.56. The van der Waals surface area contributed by atoms with Crippen LogP contribution in [-0.4, -0.2) is 15.8 Å². The number of hydrogen-bond acceptors (Lipinski definition) is 3. The first-order chi connectivity index (χ1) is 13.0. The summed E-state index contributed by atoms with van der Waals surface area (Å²) >= 11 is 0. The first-order valence-corrected chi connectivity index (χ1v) is 10.7. The summed E-state index contributed by atoms with van der Waals surface area (Å²) in [5.74, 6) is 3.66. The molecule has 3 nitrogen and oxygen atoms in total. The van der Waals surface area contributed by atoms with E-state index < -0.39 is 0 Å². The van der Waals surface area contributed by atoms with E-state index in [1.807, 2.05) is 18.5 Å². The van der Waals surface area contributed by atoms with E-state index in [0.717, 1.165) is 49.3 Å². The molecule has 142 valence electrons. The summed E-state index contributed by atoms with van der Waals surface area (Å²) < 4.78 is 0. The van der Waals surface area contributed by atoms with E-state index in [1.165, 1.54) is 31.3 Å². The van der Waals surface area contributed by atoms with E-state index in [9.17, 15) is 4.79 Å². The Morgan fingerprint density at radius 3 is 2.67 bits per heavy atom. The third-order valence-electron chi connectivity index (χ3n) is 8.65. The number of ketones is 1. The molecule has 0 bridgehead atoms. The fourth-order valence-electron chi connectivity index (χ4n) is 7.00. The van der Waals surface area contributed by atoms with Gasteiger partial charge in [-0.2, -0.15) is 0 Å². The number of fused-ring (bicyclic) bond motifs is 5. The Balaban J connectivity index is 1.42. The van der Waals surface area contributed by atoms with Gasteiger partial charge < -0.3 is 0 Å². The number of nitrogens with zero attached hydrogens (tertiary/aromatic N) is 2. The average Bonchev–Trinajstić information content (AvgIpc) is 3.00. The van der Waals surface area contributed by atoms with Crippen LogP contribution in [0.4, 0.5) is 0 Å². The molecule has 1 aromatic rings. The van der Waals surface area contributed by atoms with Crippen LogP contribution < -0.4 is 0 Å². The number of carbonyl (C=O) groups is 1. The van der Waals surface area contributed by atoms with Crippen LogP contribution in [0.1, 0.15) is 64.6 Å². The van der Waals surface area contributed by atoms with Gasteiger partial charge in [0.25, 0.3) is 0 Å². The number of allylic oxidation sites excluding steroid dienone is 4. The fraction of sp³-hybridized carbons (Fsp3) is 0.625. The van der Waals surface area contributed by atoms with Crippen LogP contribution >= 0.6 is 0 Å². The summed E-state index contributed by atoms with van der Waals surface area (Å²) in [7, 11) is 0. The van der Waals surface area contributed by atoms with Crippen LogP contribution in [0.5, 0.6) is 0 Å². The van der Waals surface area contributed by atoms with Crippen LogP contribution in [0.15, 0.2) is 41.8 Å². The van der Waals surface area contributed by atoms with Crippen LogP contribution in [0.2, 0.25) is 0 Å². The Labute approximate surface area is 162 Å². The lowest BCUT2D eigenvalue weighted by Gasteiger charge is -2.57. The number of aromatic nitrogens is 2. The molecule has 0 saturated heterocycles. The number of carbonyl (C=O) groups excluding carboxylic acids is 1. The standard InChI is InChI=1S/C24H30N2O/c1-23-10-8-18(27)14-16(23)4-6-19-20-7-5-17(15-22-25-12-3-13-26-22)24(20,2)11-9-21(19)23/h3-5,12-13,19-21H,6-11,14-15H2,1-2H3/t19-,20-,21-,23-,24+/m0/s1. The van der Waals surface area contributed by atoms with Crippen molar-refractivity contribution in [2.75, 3.05) is 0 Å². The van der Waals surface area contributed by atoms with Gasteiger partial charge in [0.1, 0.15) is 11.6 Å². The number of hydrogen-bond donors (Lipinski definition) is 0. The summed E-state index contributed by atoms with van der Waals surface area (Å²) in [5, 5.41) is 0. The lowest BCUT2D eigenvalue weighted by molar-refractivity contribution is -0.122. The molecule has 5 atom stereocenters. The van der Waals surface area contributed by atoms with Crippen LogP contribution in [0.3, 0.4) is 0 Å². The van der Waals surface area contributed by atoms with Crippen molar-refractivity contribution in [1.82, 2.24) is 9.97 Å². The van der Waals surface area contributed by atoms with E-state index in [0.29, 0.717) is 11.2 Å². The highest BCUT2D eigenvalue weighted by atomic mass is 16.1. The van der Waals surface area contributed by atoms with Gasteiger partial charge in [-0.15, -0.1) is 0 Å². The molecule has 0 amide bonds. The van der Waals surface area contributed by atoms with E-state index in [4.69, 9.17) is 0 Å². The quantitative estimate of drug-likeness (QED) is 0.689. The van der Waals surface area contributed by atoms with Gasteiger partial charge in [0.15, 0.2) is 0 Å². The van der Waals surface area contributed by atoms with Gasteiger partial charge in [-0.1, -0.05) is 37.1 Å². The second kappa shape index (κ2) is 6.12. The van der Waals surface area contributed by atoms with Crippen LogP contribution in [0, 0.1) is 28.6 Å². The van der Waals surface area contributed by atoms with E-state index in [1.54, 1.807) is 5.57 Å². The monoisotopic (exact) mass is 362 g/mol. The van der Waals surface area contributed by atoms with Crippen molar-refractivity contribution in [2.45, 2.75) is 65.2 Å². The zero-order valence-corrected chi connectivity index (χ0v) is 16.6. The number of Topliss-reactive ketones (excluding diaryl/α,β-unsaturated/α-hetero) is 1. The predicted octanol–water partition coefficient (Wildman–Crippen LogP) is 5.09. The molecule has 0 aliphatic heterocycles. The zero-order valence-electron chi connectivity index (χ0n) is 16.6. The van der Waals surface area contributed by atoms with Crippen molar-refractivity contribution in [1.29, 1.82) is 0 Å². The van der Waals surface area contributed by atoms with E-state index >= 15 is 0 Å². The average molecular weight is 363 g/mol. The first-order valence-electron chi connectivity index (χ1n) is 10.7. The molecule has 1 heterocycles. The Hall–Kier alpha value is -1.77. The van der Waals surface area contributed by atoms with Gasteiger partial charge in [0, 0.05) is 31.7 Å². The molecule has 0 spiro atoms. The summed E-state index contributed by atoms with van der Waals surface area (Å²) in [6.07, 6.45) is 17.1. The zero-order chi connectivity index (χ0) is 18.6. The SMILES string of the molecule is C[C@]12CCC(=O)CC1=CC[C@@H]1[C@@H]2CC[C@]2(C)C(Cc3ncccn3)=CC[C@@H]12. The van der Waals surface area contributed by atoms with Gasteiger partial charge in [-0.25, -0.2) is 9.97 Å². The predicted molar refractivity (Wildman–Crippen MR) is 106 cm³/mol. The molecule has 0 N–H and O–H groups in total. The summed E-state index contributed by atoms with van der Waals surface area (Å²) in [6.45, 7) is 4.97. The minimum Gasteiger partial charge on any atom is -0.299 e. The normalized spacial score (nSPS) is 40.5. The Bertz CT molecular complexity index is 826. The topological polar surface area (TPSA) is 42.9 Å². The molecule has 0 radical (unpaired) electrons. The van der Waals surface area contributed by atoms with Crippen molar-refractivity contribution in [3.05, 3.63) is 47.6 Å². The second-order valence-electron chi connectivity index (χ2n) is 9.74. The van der Waals surface area contributed by atoms with Gasteiger partial charge in [0.2, 0.25) is 0 Å². The maximum atomic E-state index is 12.0. The lowest BCUT2D eigenvalue weighted by atomic mass is 9.47. The molecule has 4 aliphatic carbocycles. The molecule has 5 rings (SSSR count). The molecule has 3 heteroatoms. The van der Waals surface area contributed by atoms with Gasteiger partial charge in [0.05, 0.1) is 0 Å². The third-order valence-corrected chi connectivity index (χ3v) is 8.65. The number of rotatable bonds is 2. The maximum Gasteiger partial charge on any atom is 0.136 e. The molecular weight excluding hydrogens is 332 g/mol. The lowest BCUT2D eigenvalue weighted by Crippen LogP contribution is -2.49. The second-order valence-corrected chi connectivity index (χ2v) is 9.74. The van der Waals surface area contributed by atoms with Gasteiger partial charge in [-0.3, -0.25) is 4.79 Å². The molecule has 1 aromatic heterocycles. The van der Waals surface area contributed by atoms with Gasteiger partial charge in [-0.05, 0) is 66.8 Å². The highest BCUT2D eigenvalue weighted by molar-refractivity contribution is 5.82. The highest BCUT2D eigenvalue weighted by Crippen LogP contribution is 2.64. The van der Waals surface area contributed by atoms with Crippen molar-refractivity contribution < 1.29 is 4.79 Å². The molecule has 2 saturated carbocycles. The Kier molecular flexibility index (Phi) is 3.93. The molecular formula is C24H30N2O. The molecule has 4 aliphatic rings. The Morgan fingerprint density at radius 1 is 1.04 bits per heavy atom. The molecule has 0 unspecified atom stereocenters.